The summed E-state index contributed by atoms with van der Waals surface area (Å²) in [6.07, 6.45) is 4.74. The Balaban J connectivity index is 0.930. The predicted octanol–water partition coefficient (Wildman–Crippen LogP) is 5.90. The van der Waals surface area contributed by atoms with Crippen molar-refractivity contribution in [2.24, 2.45) is 5.92 Å². The molecule has 0 unspecified atom stereocenters. The molecule has 8 heteroatoms. The van der Waals surface area contributed by atoms with Crippen molar-refractivity contribution in [2.75, 3.05) is 24.5 Å². The minimum absolute atomic E-state index is 0.0184. The number of carbonyl (C=O) groups excluding carboxylic acids is 2. The number of anilines is 1. The number of nitriles is 1. The highest BCUT2D eigenvalue weighted by Crippen LogP contribution is 2.31. The molecule has 0 spiro atoms. The highest BCUT2D eigenvalue weighted by atomic mass is 35.5. The molecule has 0 bridgehead atoms. The van der Waals surface area contributed by atoms with E-state index in [1.807, 2.05) is 25.1 Å². The van der Waals surface area contributed by atoms with Gasteiger partial charge < -0.3 is 15.0 Å². The number of ether oxygens (including phenoxy) is 1. The monoisotopic (exact) mass is 582 g/mol. The number of nitrogens with zero attached hydrogens (tertiary/aromatic N) is 3. The number of hydrogen-bond donors (Lipinski definition) is 1. The average Bonchev–Trinajstić information content (AvgIpc) is 3.36. The maximum absolute atomic E-state index is 12.8. The topological polar surface area (TPSA) is 85.7 Å². The molecular weight excluding hydrogens is 548 g/mol. The zero-order valence-electron chi connectivity index (χ0n) is 23.8. The minimum atomic E-state index is -0.0628. The summed E-state index contributed by atoms with van der Waals surface area (Å²) in [7, 11) is 0. The van der Waals surface area contributed by atoms with E-state index in [0.717, 1.165) is 81.5 Å². The fraction of sp³-hybridized carbons (Fsp3) is 0.382. The molecular formula is C34H35ClN4O3. The second-order valence-electron chi connectivity index (χ2n) is 11.9. The number of aldehydes is 1. The summed E-state index contributed by atoms with van der Waals surface area (Å²) in [4.78, 5) is 29.1. The minimum Gasteiger partial charge on any atom is -0.490 e. The van der Waals surface area contributed by atoms with Crippen molar-refractivity contribution in [3.05, 3.63) is 93.0 Å². The Labute approximate surface area is 252 Å². The molecule has 42 heavy (non-hydrogen) atoms. The Morgan fingerprint density at radius 1 is 1.07 bits per heavy atom. The fourth-order valence-corrected chi connectivity index (χ4v) is 6.60. The van der Waals surface area contributed by atoms with E-state index < -0.39 is 0 Å². The second-order valence-corrected chi connectivity index (χ2v) is 12.3. The molecule has 0 atom stereocenters. The van der Waals surface area contributed by atoms with Gasteiger partial charge in [0.1, 0.15) is 24.2 Å². The van der Waals surface area contributed by atoms with Gasteiger partial charge in [-0.15, -0.1) is 0 Å². The molecule has 0 radical (unpaired) electrons. The van der Waals surface area contributed by atoms with Gasteiger partial charge in [0.25, 0.3) is 5.91 Å². The third-order valence-electron chi connectivity index (χ3n) is 8.92. The first-order valence-electron chi connectivity index (χ1n) is 14.7. The van der Waals surface area contributed by atoms with Gasteiger partial charge >= 0.3 is 0 Å². The lowest BCUT2D eigenvalue weighted by atomic mass is 9.89. The molecule has 7 nitrogen and oxygen atoms in total. The van der Waals surface area contributed by atoms with E-state index in [4.69, 9.17) is 21.6 Å². The van der Waals surface area contributed by atoms with E-state index in [1.165, 1.54) is 11.1 Å². The normalized spacial score (nSPS) is 20.4. The summed E-state index contributed by atoms with van der Waals surface area (Å²) in [5.74, 6) is 1.24. The van der Waals surface area contributed by atoms with E-state index in [-0.39, 0.29) is 18.1 Å². The molecule has 3 aliphatic rings. The summed E-state index contributed by atoms with van der Waals surface area (Å²) in [5.41, 5.74) is 6.78. The summed E-state index contributed by atoms with van der Waals surface area (Å²) in [6, 6.07) is 19.4. The van der Waals surface area contributed by atoms with Gasteiger partial charge in [0.15, 0.2) is 0 Å². The number of fused-ring (bicyclic) bond motifs is 1. The zero-order valence-corrected chi connectivity index (χ0v) is 24.6. The SMILES string of the molecule is Cc1cc2c(cc1C=O)CN(CC1CCN(c3ccc(C(=O)N[C@H]4C[C@H](Oc5ccc(C#N)c(Cl)c5)C4)cc3)CC1)C2. The third-order valence-corrected chi connectivity index (χ3v) is 9.24. The highest BCUT2D eigenvalue weighted by molar-refractivity contribution is 6.31. The third kappa shape index (κ3) is 6.16. The van der Waals surface area contributed by atoms with Crippen LogP contribution in [0.4, 0.5) is 5.69 Å². The van der Waals surface area contributed by atoms with Gasteiger partial charge in [-0.1, -0.05) is 17.7 Å². The lowest BCUT2D eigenvalue weighted by Crippen LogP contribution is -2.49. The van der Waals surface area contributed by atoms with Crippen molar-refractivity contribution < 1.29 is 14.3 Å². The molecule has 1 N–H and O–H groups in total. The Kier molecular flexibility index (Phi) is 8.19. The van der Waals surface area contributed by atoms with Crippen LogP contribution >= 0.6 is 11.6 Å². The summed E-state index contributed by atoms with van der Waals surface area (Å²) < 4.78 is 5.94. The number of nitrogens with one attached hydrogen (secondary N) is 1. The van der Waals surface area contributed by atoms with Crippen LogP contribution in [0, 0.1) is 24.2 Å². The number of aryl methyl sites for hydroxylation is 1. The predicted molar refractivity (Wildman–Crippen MR) is 163 cm³/mol. The highest BCUT2D eigenvalue weighted by Gasteiger charge is 2.32. The Morgan fingerprint density at radius 3 is 2.45 bits per heavy atom. The van der Waals surface area contributed by atoms with Gasteiger partial charge in [-0.25, -0.2) is 0 Å². The van der Waals surface area contributed by atoms with Crippen molar-refractivity contribution in [1.82, 2.24) is 10.2 Å². The van der Waals surface area contributed by atoms with Crippen LogP contribution in [0.15, 0.2) is 54.6 Å². The Hall–Kier alpha value is -3.86. The van der Waals surface area contributed by atoms with Crippen LogP contribution in [0.2, 0.25) is 5.02 Å². The number of carbonyl (C=O) groups is 2. The molecule has 1 amide bonds. The van der Waals surface area contributed by atoms with Crippen LogP contribution in [0.5, 0.6) is 5.75 Å². The first-order chi connectivity index (χ1) is 20.4. The number of halogens is 1. The van der Waals surface area contributed by atoms with Crippen LogP contribution in [-0.2, 0) is 13.1 Å². The lowest BCUT2D eigenvalue weighted by Gasteiger charge is -2.36. The van der Waals surface area contributed by atoms with Gasteiger partial charge in [-0.2, -0.15) is 5.26 Å². The smallest absolute Gasteiger partial charge is 0.251 e. The number of rotatable bonds is 8. The van der Waals surface area contributed by atoms with Crippen LogP contribution in [0.1, 0.15) is 68.7 Å². The molecule has 6 rings (SSSR count). The lowest BCUT2D eigenvalue weighted by molar-refractivity contribution is 0.0701. The number of hydrogen-bond acceptors (Lipinski definition) is 6. The van der Waals surface area contributed by atoms with E-state index in [9.17, 15) is 9.59 Å². The van der Waals surface area contributed by atoms with Crippen molar-refractivity contribution >= 4 is 29.5 Å². The molecule has 1 aliphatic carbocycles. The first-order valence-corrected chi connectivity index (χ1v) is 15.1. The summed E-state index contributed by atoms with van der Waals surface area (Å²) in [5, 5.41) is 12.5. The molecule has 216 valence electrons. The van der Waals surface area contributed by atoms with Crippen LogP contribution < -0.4 is 15.0 Å². The number of amides is 1. The summed E-state index contributed by atoms with van der Waals surface area (Å²) >= 11 is 6.09. The molecule has 3 aromatic carbocycles. The van der Waals surface area contributed by atoms with E-state index >= 15 is 0 Å². The van der Waals surface area contributed by atoms with Gasteiger partial charge in [0.2, 0.25) is 0 Å². The first kappa shape index (κ1) is 28.3. The number of piperidine rings is 1. The van der Waals surface area contributed by atoms with Gasteiger partial charge in [-0.05, 0) is 84.8 Å². The van der Waals surface area contributed by atoms with Crippen molar-refractivity contribution in [2.45, 2.75) is 57.8 Å². The summed E-state index contributed by atoms with van der Waals surface area (Å²) in [6.45, 7) is 7.03. The number of benzene rings is 3. The maximum Gasteiger partial charge on any atom is 0.251 e. The molecule has 1 saturated heterocycles. The average molecular weight is 583 g/mol. The quantitative estimate of drug-likeness (QED) is 0.333. The Bertz CT molecular complexity index is 1520. The Morgan fingerprint density at radius 2 is 1.79 bits per heavy atom. The van der Waals surface area contributed by atoms with Crippen molar-refractivity contribution in [3.63, 3.8) is 0 Å². The molecule has 0 aromatic heterocycles. The van der Waals surface area contributed by atoms with Crippen LogP contribution in [0.3, 0.4) is 0 Å². The van der Waals surface area contributed by atoms with E-state index in [0.29, 0.717) is 27.8 Å². The molecule has 2 fully saturated rings. The fourth-order valence-electron chi connectivity index (χ4n) is 6.38. The molecule has 2 aliphatic heterocycles. The van der Waals surface area contributed by atoms with Gasteiger partial charge in [0.05, 0.1) is 10.6 Å². The van der Waals surface area contributed by atoms with E-state index in [1.54, 1.807) is 18.2 Å². The molecule has 2 heterocycles. The van der Waals surface area contributed by atoms with Gasteiger partial charge in [0, 0.05) is 74.5 Å². The second kappa shape index (κ2) is 12.2. The van der Waals surface area contributed by atoms with Crippen LogP contribution in [-0.4, -0.2) is 48.9 Å². The zero-order chi connectivity index (χ0) is 29.2. The van der Waals surface area contributed by atoms with Crippen LogP contribution in [0.25, 0.3) is 0 Å². The van der Waals surface area contributed by atoms with Crippen molar-refractivity contribution in [1.29, 1.82) is 5.26 Å². The standard InChI is InChI=1S/C34H35ClN4O3/c1-22-12-26-19-38(20-27(26)13-28(22)21-40)18-23-8-10-39(11-9-23)30-5-2-24(3-6-30)34(41)37-29-14-32(15-29)42-31-7-4-25(17-36)33(35)16-31/h2-7,12-13,16,21,23,29,32H,8-11,14-15,18-20H2,1H3,(H,37,41)/t29-,32-. The largest absolute Gasteiger partial charge is 0.490 e. The van der Waals surface area contributed by atoms with E-state index in [2.05, 4.69) is 39.4 Å². The molecule has 3 aromatic rings. The molecule has 1 saturated carbocycles. The maximum atomic E-state index is 12.8. The van der Waals surface area contributed by atoms with Crippen molar-refractivity contribution in [3.8, 4) is 11.8 Å². The van der Waals surface area contributed by atoms with Gasteiger partial charge in [-0.3, -0.25) is 14.5 Å².